The van der Waals surface area contributed by atoms with Crippen LogP contribution in [0.1, 0.15) is 29.3 Å². The van der Waals surface area contributed by atoms with Crippen LogP contribution < -0.4 is 5.32 Å². The number of nitrogens with one attached hydrogen (secondary N) is 1. The van der Waals surface area contributed by atoms with Crippen molar-refractivity contribution >= 4 is 29.4 Å². The number of thioether (sulfide) groups is 1. The second-order valence-corrected chi connectivity index (χ2v) is 7.10. The lowest BCUT2D eigenvalue weighted by Gasteiger charge is -2.06. The smallest absolute Gasteiger partial charge is 0.316 e. The van der Waals surface area contributed by atoms with Gasteiger partial charge >= 0.3 is 5.97 Å². The zero-order valence-corrected chi connectivity index (χ0v) is 16.4. The van der Waals surface area contributed by atoms with E-state index < -0.39 is 11.8 Å². The molecule has 0 aliphatic rings. The van der Waals surface area contributed by atoms with Crippen molar-refractivity contribution in [2.45, 2.75) is 24.7 Å². The molecule has 0 saturated heterocycles. The molecule has 0 spiro atoms. The third kappa shape index (κ3) is 7.52. The molecule has 0 atom stereocenters. The summed E-state index contributed by atoms with van der Waals surface area (Å²) in [5.74, 6) is -1.39. The first-order valence-electron chi connectivity index (χ1n) is 8.85. The number of amides is 1. The van der Waals surface area contributed by atoms with Gasteiger partial charge in [-0.25, -0.2) is 4.39 Å². The maximum absolute atomic E-state index is 13.5. The molecule has 0 bridgehead atoms. The average molecular weight is 403 g/mol. The molecule has 1 N–H and O–H groups in total. The van der Waals surface area contributed by atoms with Crippen molar-refractivity contribution in [2.24, 2.45) is 0 Å². The standard InChI is InChI=1S/C21H22FNO4S/c1-15(24)23-12-4-5-16-8-10-17(11-9-16)19(25)13-27-21(26)14-28-20-7-3-2-6-18(20)22/h2-3,6-11H,4-5,12-14H2,1H3,(H,23,24). The molecule has 28 heavy (non-hydrogen) atoms. The minimum absolute atomic E-state index is 0.0530. The molecule has 0 aromatic heterocycles. The molecule has 7 heteroatoms. The molecule has 0 fully saturated rings. The van der Waals surface area contributed by atoms with Crippen LogP contribution in [-0.4, -0.2) is 36.6 Å². The minimum Gasteiger partial charge on any atom is -0.457 e. The van der Waals surface area contributed by atoms with Crippen LogP contribution in [0.4, 0.5) is 4.39 Å². The van der Waals surface area contributed by atoms with Crippen LogP contribution in [0.3, 0.4) is 0 Å². The number of ether oxygens (including phenoxy) is 1. The Morgan fingerprint density at radius 1 is 1.07 bits per heavy atom. The number of ketones is 1. The maximum atomic E-state index is 13.5. The fourth-order valence-electron chi connectivity index (χ4n) is 2.38. The van der Waals surface area contributed by atoms with E-state index >= 15 is 0 Å². The van der Waals surface area contributed by atoms with E-state index in [1.54, 1.807) is 30.3 Å². The Balaban J connectivity index is 1.72. The number of esters is 1. The van der Waals surface area contributed by atoms with Gasteiger partial charge in [0.05, 0.1) is 5.75 Å². The molecule has 5 nitrogen and oxygen atoms in total. The van der Waals surface area contributed by atoms with Gasteiger partial charge in [0.25, 0.3) is 0 Å². The lowest BCUT2D eigenvalue weighted by Crippen LogP contribution is -2.21. The van der Waals surface area contributed by atoms with Crippen LogP contribution in [-0.2, 0) is 20.7 Å². The van der Waals surface area contributed by atoms with Crippen molar-refractivity contribution < 1.29 is 23.5 Å². The van der Waals surface area contributed by atoms with Crippen LogP contribution in [0.5, 0.6) is 0 Å². The van der Waals surface area contributed by atoms with E-state index in [2.05, 4.69) is 5.32 Å². The van der Waals surface area contributed by atoms with Crippen molar-refractivity contribution in [3.05, 3.63) is 65.5 Å². The van der Waals surface area contributed by atoms with Gasteiger partial charge in [0, 0.05) is 23.9 Å². The molecule has 0 unspecified atom stereocenters. The Morgan fingerprint density at radius 3 is 2.46 bits per heavy atom. The van der Waals surface area contributed by atoms with Crippen LogP contribution >= 0.6 is 11.8 Å². The molecule has 0 saturated carbocycles. The predicted molar refractivity (Wildman–Crippen MR) is 106 cm³/mol. The average Bonchev–Trinajstić information content (AvgIpc) is 2.69. The number of hydrogen-bond acceptors (Lipinski definition) is 5. The monoisotopic (exact) mass is 403 g/mol. The maximum Gasteiger partial charge on any atom is 0.316 e. The third-order valence-electron chi connectivity index (χ3n) is 3.84. The first-order chi connectivity index (χ1) is 13.5. The highest BCUT2D eigenvalue weighted by molar-refractivity contribution is 8.00. The largest absolute Gasteiger partial charge is 0.457 e. The van der Waals surface area contributed by atoms with Gasteiger partial charge in [0.15, 0.2) is 12.4 Å². The summed E-state index contributed by atoms with van der Waals surface area (Å²) >= 11 is 1.03. The number of hydrogen-bond donors (Lipinski definition) is 1. The normalized spacial score (nSPS) is 10.4. The molecule has 1 amide bonds. The van der Waals surface area contributed by atoms with Crippen LogP contribution in [0, 0.1) is 5.82 Å². The summed E-state index contributed by atoms with van der Waals surface area (Å²) in [6.45, 7) is 1.74. The van der Waals surface area contributed by atoms with Crippen LogP contribution in [0.15, 0.2) is 53.4 Å². The number of benzene rings is 2. The highest BCUT2D eigenvalue weighted by Crippen LogP contribution is 2.21. The molecule has 148 valence electrons. The van der Waals surface area contributed by atoms with Crippen molar-refractivity contribution in [1.29, 1.82) is 0 Å². The van der Waals surface area contributed by atoms with Gasteiger partial charge in [0.2, 0.25) is 5.91 Å². The highest BCUT2D eigenvalue weighted by Gasteiger charge is 2.11. The number of carbonyl (C=O) groups is 3. The fourth-order valence-corrected chi connectivity index (χ4v) is 3.12. The first kappa shape index (κ1) is 21.6. The minimum atomic E-state index is -0.573. The number of halogens is 1. The Labute approximate surface area is 167 Å². The van der Waals surface area contributed by atoms with Crippen molar-refractivity contribution in [3.63, 3.8) is 0 Å². The summed E-state index contributed by atoms with van der Waals surface area (Å²) in [6, 6.07) is 13.2. The molecule has 2 rings (SSSR count). The first-order valence-corrected chi connectivity index (χ1v) is 9.84. The van der Waals surface area contributed by atoms with Gasteiger partial charge in [-0.15, -0.1) is 11.8 Å². The van der Waals surface area contributed by atoms with Gasteiger partial charge in [-0.3, -0.25) is 14.4 Å². The van der Waals surface area contributed by atoms with Crippen molar-refractivity contribution in [1.82, 2.24) is 5.32 Å². The molecule has 2 aromatic rings. The lowest BCUT2D eigenvalue weighted by atomic mass is 10.1. The summed E-state index contributed by atoms with van der Waals surface area (Å²) in [4.78, 5) is 35.1. The van der Waals surface area contributed by atoms with Crippen LogP contribution in [0.25, 0.3) is 0 Å². The molecule has 0 aliphatic carbocycles. The van der Waals surface area contributed by atoms with E-state index in [-0.39, 0.29) is 24.1 Å². The Morgan fingerprint density at radius 2 is 1.79 bits per heavy atom. The second kappa shape index (κ2) is 11.2. The van der Waals surface area contributed by atoms with E-state index in [9.17, 15) is 18.8 Å². The number of Topliss-reactive ketones (excluding diaryl/α,β-unsaturated/α-hetero) is 1. The fraction of sp³-hybridized carbons (Fsp3) is 0.286. The zero-order chi connectivity index (χ0) is 20.4. The summed E-state index contributed by atoms with van der Waals surface area (Å²) in [7, 11) is 0. The predicted octanol–water partition coefficient (Wildman–Crippen LogP) is 3.41. The van der Waals surface area contributed by atoms with E-state index in [1.807, 2.05) is 12.1 Å². The number of aryl methyl sites for hydroxylation is 1. The molecule has 0 heterocycles. The number of rotatable bonds is 10. The Hall–Kier alpha value is -2.67. The van der Waals surface area contributed by atoms with Crippen LogP contribution in [0.2, 0.25) is 0 Å². The summed E-state index contributed by atoms with van der Waals surface area (Å²) in [6.07, 6.45) is 1.60. The Kier molecular flexibility index (Phi) is 8.68. The SMILES string of the molecule is CC(=O)NCCCc1ccc(C(=O)COC(=O)CSc2ccccc2F)cc1. The van der Waals surface area contributed by atoms with Gasteiger partial charge in [-0.1, -0.05) is 36.4 Å². The van der Waals surface area contributed by atoms with E-state index in [4.69, 9.17) is 4.74 Å². The highest BCUT2D eigenvalue weighted by atomic mass is 32.2. The summed E-state index contributed by atoms with van der Waals surface area (Å²) < 4.78 is 18.5. The zero-order valence-electron chi connectivity index (χ0n) is 15.6. The molecular formula is C21H22FNO4S. The quantitative estimate of drug-likeness (QED) is 0.285. The molecule has 0 radical (unpaired) electrons. The van der Waals surface area contributed by atoms with Gasteiger partial charge in [-0.2, -0.15) is 0 Å². The second-order valence-electron chi connectivity index (χ2n) is 6.09. The topological polar surface area (TPSA) is 72.5 Å². The van der Waals surface area contributed by atoms with Crippen molar-refractivity contribution in [2.75, 3.05) is 18.9 Å². The van der Waals surface area contributed by atoms with Gasteiger partial charge in [0.1, 0.15) is 5.82 Å². The third-order valence-corrected chi connectivity index (χ3v) is 4.86. The summed E-state index contributed by atoms with van der Waals surface area (Å²) in [5, 5.41) is 2.73. The molecular weight excluding hydrogens is 381 g/mol. The Bertz CT molecular complexity index is 823. The lowest BCUT2D eigenvalue weighted by molar-refractivity contribution is -0.139. The van der Waals surface area contributed by atoms with Gasteiger partial charge < -0.3 is 10.1 Å². The summed E-state index contributed by atoms with van der Waals surface area (Å²) in [5.41, 5.74) is 1.51. The van der Waals surface area contributed by atoms with E-state index in [0.29, 0.717) is 17.0 Å². The van der Waals surface area contributed by atoms with Crippen molar-refractivity contribution in [3.8, 4) is 0 Å². The van der Waals surface area contributed by atoms with E-state index in [0.717, 1.165) is 30.2 Å². The molecule has 0 aliphatic heterocycles. The van der Waals surface area contributed by atoms with E-state index in [1.165, 1.54) is 13.0 Å². The molecule has 2 aromatic carbocycles. The number of carbonyl (C=O) groups excluding carboxylic acids is 3. The van der Waals surface area contributed by atoms with Gasteiger partial charge in [-0.05, 0) is 30.5 Å².